The first-order valence-electron chi connectivity index (χ1n) is 8.36. The highest BCUT2D eigenvalue weighted by Crippen LogP contribution is 2.33. The van der Waals surface area contributed by atoms with Crippen molar-refractivity contribution in [2.24, 2.45) is 5.92 Å². The lowest BCUT2D eigenvalue weighted by molar-refractivity contribution is 0.0526. The lowest BCUT2D eigenvalue weighted by Crippen LogP contribution is -2.44. The van der Waals surface area contributed by atoms with Crippen molar-refractivity contribution in [1.29, 1.82) is 0 Å². The number of amides is 1. The predicted octanol–water partition coefficient (Wildman–Crippen LogP) is 2.79. The molecule has 3 aromatic rings. The number of hydrogen-bond donors (Lipinski definition) is 0. The van der Waals surface area contributed by atoms with Crippen molar-refractivity contribution in [2.45, 2.75) is 26.4 Å². The Morgan fingerprint density at radius 3 is 2.68 bits per heavy atom. The van der Waals surface area contributed by atoms with Crippen LogP contribution in [0.4, 0.5) is 0 Å². The van der Waals surface area contributed by atoms with E-state index in [0.29, 0.717) is 24.6 Å². The van der Waals surface area contributed by atoms with Crippen molar-refractivity contribution in [2.75, 3.05) is 6.54 Å². The summed E-state index contributed by atoms with van der Waals surface area (Å²) in [6.07, 6.45) is 1.41. The summed E-state index contributed by atoms with van der Waals surface area (Å²) in [5.74, 6) is 1.57. The van der Waals surface area contributed by atoms with Crippen molar-refractivity contribution >= 4 is 5.91 Å². The summed E-state index contributed by atoms with van der Waals surface area (Å²) in [5.41, 5.74) is 1.29. The van der Waals surface area contributed by atoms with Gasteiger partial charge in [-0.3, -0.25) is 4.79 Å². The van der Waals surface area contributed by atoms with E-state index in [4.69, 9.17) is 9.51 Å². The van der Waals surface area contributed by atoms with E-state index in [-0.39, 0.29) is 17.9 Å². The number of fused-ring (bicyclic) bond motifs is 1. The van der Waals surface area contributed by atoms with Gasteiger partial charge in [0.2, 0.25) is 0 Å². The molecule has 1 atom stereocenters. The zero-order valence-electron chi connectivity index (χ0n) is 14.2. The average molecular weight is 337 g/mol. The van der Waals surface area contributed by atoms with E-state index < -0.39 is 0 Å². The second-order valence-electron chi connectivity index (χ2n) is 6.45. The number of aromatic nitrogens is 4. The molecule has 0 aliphatic carbocycles. The molecule has 1 aromatic carbocycles. The molecule has 2 aromatic heterocycles. The van der Waals surface area contributed by atoms with Gasteiger partial charge in [0.15, 0.2) is 17.3 Å². The molecule has 0 spiro atoms. The minimum atomic E-state index is -0.150. The first-order valence-corrected chi connectivity index (χ1v) is 8.36. The van der Waals surface area contributed by atoms with Gasteiger partial charge >= 0.3 is 0 Å². The quantitative estimate of drug-likeness (QED) is 0.734. The van der Waals surface area contributed by atoms with E-state index in [0.717, 1.165) is 11.4 Å². The van der Waals surface area contributed by atoms with Gasteiger partial charge in [0.25, 0.3) is 5.91 Å². The van der Waals surface area contributed by atoms with Crippen molar-refractivity contribution in [3.8, 4) is 11.4 Å². The fraction of sp³-hybridized carbons (Fsp3) is 0.333. The van der Waals surface area contributed by atoms with Gasteiger partial charge in [0, 0.05) is 18.2 Å². The Labute approximate surface area is 145 Å². The van der Waals surface area contributed by atoms with E-state index in [1.807, 2.05) is 39.9 Å². The number of carbonyl (C=O) groups excluding carboxylic acids is 1. The molecule has 7 nitrogen and oxygen atoms in total. The molecular formula is C18H19N5O2. The van der Waals surface area contributed by atoms with E-state index in [2.05, 4.69) is 24.1 Å². The summed E-state index contributed by atoms with van der Waals surface area (Å²) in [5, 5.41) is 8.43. The molecule has 0 radical (unpaired) electrons. The fourth-order valence-corrected chi connectivity index (χ4v) is 3.28. The molecule has 0 N–H and O–H groups in total. The topological polar surface area (TPSA) is 77.0 Å². The van der Waals surface area contributed by atoms with Crippen LogP contribution < -0.4 is 0 Å². The predicted molar refractivity (Wildman–Crippen MR) is 90.6 cm³/mol. The SMILES string of the molecule is CC(C)[C@H]1c2nc(-c3ccccc3)nn2CCN1C(=O)c1ccon1. The molecule has 3 heterocycles. The van der Waals surface area contributed by atoms with E-state index in [1.54, 1.807) is 6.07 Å². The minimum Gasteiger partial charge on any atom is -0.364 e. The standard InChI is InChI=1S/C18H19N5O2/c1-12(2)15-17-19-16(13-6-4-3-5-7-13)20-23(17)10-9-22(15)18(24)14-8-11-25-21-14/h3-8,11-12,15H,9-10H2,1-2H3/t15-/m0/s1. The molecular weight excluding hydrogens is 318 g/mol. The Bertz CT molecular complexity index is 870. The molecule has 0 fully saturated rings. The van der Waals surface area contributed by atoms with Crippen molar-refractivity contribution in [3.05, 3.63) is 54.2 Å². The Hall–Kier alpha value is -2.96. The smallest absolute Gasteiger partial charge is 0.276 e. The van der Waals surface area contributed by atoms with Crippen molar-refractivity contribution in [3.63, 3.8) is 0 Å². The Kier molecular flexibility index (Phi) is 3.83. The third-order valence-electron chi connectivity index (χ3n) is 4.43. The van der Waals surface area contributed by atoms with Crippen LogP contribution in [0.15, 0.2) is 47.2 Å². The monoisotopic (exact) mass is 337 g/mol. The lowest BCUT2D eigenvalue weighted by atomic mass is 9.99. The second-order valence-corrected chi connectivity index (χ2v) is 6.45. The highest BCUT2D eigenvalue weighted by Gasteiger charge is 2.37. The van der Waals surface area contributed by atoms with Crippen molar-refractivity contribution in [1.82, 2.24) is 24.8 Å². The summed E-state index contributed by atoms with van der Waals surface area (Å²) in [6.45, 7) is 5.35. The van der Waals surface area contributed by atoms with E-state index in [1.165, 1.54) is 6.26 Å². The number of benzene rings is 1. The molecule has 0 saturated heterocycles. The first-order chi connectivity index (χ1) is 12.1. The Balaban J connectivity index is 1.72. The molecule has 128 valence electrons. The molecule has 1 aliphatic rings. The van der Waals surface area contributed by atoms with E-state index in [9.17, 15) is 4.79 Å². The zero-order valence-corrected chi connectivity index (χ0v) is 14.2. The van der Waals surface area contributed by atoms with Crippen LogP contribution in [0.25, 0.3) is 11.4 Å². The number of hydrogen-bond acceptors (Lipinski definition) is 5. The van der Waals surface area contributed by atoms with Crippen LogP contribution in [0.1, 0.15) is 36.2 Å². The van der Waals surface area contributed by atoms with E-state index >= 15 is 0 Å². The van der Waals surface area contributed by atoms with Gasteiger partial charge in [0.05, 0.1) is 12.6 Å². The molecule has 4 rings (SSSR count). The molecule has 1 aliphatic heterocycles. The van der Waals surface area contributed by atoms with Gasteiger partial charge in [0.1, 0.15) is 6.26 Å². The van der Waals surface area contributed by atoms with Crippen LogP contribution in [-0.2, 0) is 6.54 Å². The maximum Gasteiger partial charge on any atom is 0.276 e. The molecule has 25 heavy (non-hydrogen) atoms. The van der Waals surface area contributed by atoms with Gasteiger partial charge in [-0.05, 0) is 5.92 Å². The molecule has 1 amide bonds. The van der Waals surface area contributed by atoms with Gasteiger partial charge in [-0.15, -0.1) is 0 Å². The van der Waals surface area contributed by atoms with Gasteiger partial charge in [-0.25, -0.2) is 9.67 Å². The summed E-state index contributed by atoms with van der Waals surface area (Å²) < 4.78 is 6.74. The van der Waals surface area contributed by atoms with Crippen LogP contribution in [0.5, 0.6) is 0 Å². The van der Waals surface area contributed by atoms with Gasteiger partial charge in [-0.1, -0.05) is 49.3 Å². The maximum absolute atomic E-state index is 12.8. The van der Waals surface area contributed by atoms with Crippen LogP contribution in [0.2, 0.25) is 0 Å². The lowest BCUT2D eigenvalue weighted by Gasteiger charge is -2.36. The normalized spacial score (nSPS) is 16.9. The molecule has 0 saturated carbocycles. The van der Waals surface area contributed by atoms with Gasteiger partial charge < -0.3 is 9.42 Å². The van der Waals surface area contributed by atoms with Gasteiger partial charge in [-0.2, -0.15) is 5.10 Å². The van der Waals surface area contributed by atoms with Crippen LogP contribution >= 0.6 is 0 Å². The minimum absolute atomic E-state index is 0.136. The third kappa shape index (κ3) is 2.71. The summed E-state index contributed by atoms with van der Waals surface area (Å²) in [7, 11) is 0. The van der Waals surface area contributed by atoms with Crippen LogP contribution in [0.3, 0.4) is 0 Å². The largest absolute Gasteiger partial charge is 0.364 e. The average Bonchev–Trinajstić information content (AvgIpc) is 3.30. The molecule has 0 unspecified atom stereocenters. The first kappa shape index (κ1) is 15.6. The zero-order chi connectivity index (χ0) is 17.4. The molecule has 0 bridgehead atoms. The maximum atomic E-state index is 12.8. The Morgan fingerprint density at radius 2 is 2.00 bits per heavy atom. The summed E-state index contributed by atoms with van der Waals surface area (Å²) in [6, 6.07) is 11.3. The summed E-state index contributed by atoms with van der Waals surface area (Å²) >= 11 is 0. The second kappa shape index (κ2) is 6.16. The highest BCUT2D eigenvalue weighted by atomic mass is 16.5. The number of rotatable bonds is 3. The fourth-order valence-electron chi connectivity index (χ4n) is 3.28. The molecule has 7 heteroatoms. The third-order valence-corrected chi connectivity index (χ3v) is 4.43. The summed E-state index contributed by atoms with van der Waals surface area (Å²) in [4.78, 5) is 19.4. The highest BCUT2D eigenvalue weighted by molar-refractivity contribution is 5.92. The number of carbonyl (C=O) groups is 1. The van der Waals surface area contributed by atoms with Crippen molar-refractivity contribution < 1.29 is 9.32 Å². The van der Waals surface area contributed by atoms with Crippen LogP contribution in [0, 0.1) is 5.92 Å². The number of nitrogens with zero attached hydrogens (tertiary/aromatic N) is 5. The van der Waals surface area contributed by atoms with Crippen LogP contribution in [-0.4, -0.2) is 37.3 Å². The Morgan fingerprint density at radius 1 is 1.20 bits per heavy atom.